The molecule has 0 saturated carbocycles. The van der Waals surface area contributed by atoms with Gasteiger partial charge in [-0.15, -0.1) is 0 Å². The normalized spacial score (nSPS) is 14.8. The van der Waals surface area contributed by atoms with E-state index in [1.807, 2.05) is 81.5 Å². The van der Waals surface area contributed by atoms with Crippen LogP contribution in [0.15, 0.2) is 80.4 Å². The first-order valence-corrected chi connectivity index (χ1v) is 15.7. The van der Waals surface area contributed by atoms with Crippen LogP contribution in [-0.4, -0.2) is 28.4 Å². The van der Waals surface area contributed by atoms with Crippen LogP contribution < -0.4 is 40.2 Å². The van der Waals surface area contributed by atoms with Crippen LogP contribution in [0.1, 0.15) is 58.4 Å². The molecule has 1 aromatic heterocycles. The molecule has 0 amide bonds. The van der Waals surface area contributed by atoms with E-state index in [2.05, 4.69) is 20.8 Å². The number of ether oxygens (including phenoxy) is 5. The first-order chi connectivity index (χ1) is 22.7. The fourth-order valence-electron chi connectivity index (χ4n) is 5.41. The van der Waals surface area contributed by atoms with E-state index >= 15 is 0 Å². The van der Waals surface area contributed by atoms with Gasteiger partial charge in [-0.05, 0) is 74.9 Å². The molecule has 3 aromatic carbocycles. The fourth-order valence-corrected chi connectivity index (χ4v) is 5.41. The lowest BCUT2D eigenvalue weighted by molar-refractivity contribution is 0.257. The Morgan fingerprint density at radius 1 is 0.667 bits per heavy atom. The van der Waals surface area contributed by atoms with Gasteiger partial charge in [-0.2, -0.15) is 0 Å². The molecule has 8 nitrogen and oxygen atoms in total. The first kappa shape index (κ1) is 34.2. The summed E-state index contributed by atoms with van der Waals surface area (Å²) in [5.74, 6) is 4.59. The topological polar surface area (TPSA) is 91.6 Å². The highest BCUT2D eigenvalue weighted by molar-refractivity contribution is 5.68. The van der Waals surface area contributed by atoms with Gasteiger partial charge in [0.25, 0.3) is 0 Å². The Labute approximate surface area is 280 Å². The van der Waals surface area contributed by atoms with Crippen LogP contribution in [0.2, 0.25) is 0 Å². The van der Waals surface area contributed by atoms with Crippen molar-refractivity contribution >= 4 is 17.9 Å². The maximum absolute atomic E-state index is 13.5. The van der Waals surface area contributed by atoms with E-state index in [0.717, 1.165) is 16.9 Å². The van der Waals surface area contributed by atoms with Gasteiger partial charge in [-0.1, -0.05) is 26.8 Å². The molecule has 1 unspecified atom stereocenters. The second kappa shape index (κ2) is 13.2. The third-order valence-electron chi connectivity index (χ3n) is 8.19. The molecule has 1 atom stereocenters. The van der Waals surface area contributed by atoms with Crippen LogP contribution in [0.5, 0.6) is 23.0 Å². The van der Waals surface area contributed by atoms with Crippen molar-refractivity contribution in [1.82, 2.24) is 0 Å². The van der Waals surface area contributed by atoms with Gasteiger partial charge in [0.05, 0.1) is 55.9 Å². The fraction of sp³-hybridized carbons (Fsp3) is 0.325. The van der Waals surface area contributed by atoms with E-state index in [1.54, 1.807) is 40.6 Å². The largest absolute Gasteiger partial charge is 0.493 e. The van der Waals surface area contributed by atoms with Crippen molar-refractivity contribution in [2.24, 2.45) is 11.3 Å². The van der Waals surface area contributed by atoms with Crippen LogP contribution in [0.4, 0.5) is 0 Å². The molecule has 0 fully saturated rings. The number of allylic oxidation sites excluding steroid dienone is 3. The van der Waals surface area contributed by atoms with Crippen molar-refractivity contribution in [2.45, 2.75) is 47.0 Å². The molecule has 250 valence electrons. The molecule has 48 heavy (non-hydrogen) atoms. The second-order valence-corrected chi connectivity index (χ2v) is 13.8. The molecule has 8 heteroatoms. The maximum atomic E-state index is 13.5. The van der Waals surface area contributed by atoms with E-state index in [9.17, 15) is 9.59 Å². The molecule has 0 N–H and O–H groups in total. The van der Waals surface area contributed by atoms with E-state index in [1.165, 1.54) is 0 Å². The number of hydrogen-bond acceptors (Lipinski definition) is 7. The summed E-state index contributed by atoms with van der Waals surface area (Å²) in [6, 6.07) is 14.7. The minimum atomic E-state index is -0.347. The van der Waals surface area contributed by atoms with Crippen LogP contribution in [0, 0.1) is 11.3 Å². The molecule has 0 saturated heterocycles. The van der Waals surface area contributed by atoms with Gasteiger partial charge in [0.1, 0.15) is 11.5 Å². The Bertz CT molecular complexity index is 2080. The summed E-state index contributed by atoms with van der Waals surface area (Å²) in [6.45, 7) is 12.3. The summed E-state index contributed by atoms with van der Waals surface area (Å²) in [4.78, 5) is 27.0. The molecule has 0 bridgehead atoms. The quantitative estimate of drug-likeness (QED) is 0.203. The third-order valence-corrected chi connectivity index (χ3v) is 8.19. The predicted molar refractivity (Wildman–Crippen MR) is 189 cm³/mol. The Morgan fingerprint density at radius 3 is 1.77 bits per heavy atom. The van der Waals surface area contributed by atoms with Gasteiger partial charge >= 0.3 is 11.5 Å². The lowest BCUT2D eigenvalue weighted by Crippen LogP contribution is -2.64. The summed E-state index contributed by atoms with van der Waals surface area (Å²) in [6.07, 6.45) is 7.20. The van der Waals surface area contributed by atoms with E-state index in [-0.39, 0.29) is 38.0 Å². The van der Waals surface area contributed by atoms with Crippen molar-refractivity contribution in [3.05, 3.63) is 114 Å². The highest BCUT2D eigenvalue weighted by Crippen LogP contribution is 2.39. The lowest BCUT2D eigenvalue weighted by Gasteiger charge is -2.29. The van der Waals surface area contributed by atoms with Crippen LogP contribution in [0.25, 0.3) is 29.2 Å². The zero-order valence-corrected chi connectivity index (χ0v) is 29.3. The molecule has 4 aromatic rings. The number of benzene rings is 2. The Balaban J connectivity index is 1.59. The molecular formula is C40H43O8+. The van der Waals surface area contributed by atoms with Crippen LogP contribution in [0.3, 0.4) is 0 Å². The number of rotatable bonds is 8. The Hall–Kier alpha value is -5.11. The van der Waals surface area contributed by atoms with Crippen molar-refractivity contribution in [3.8, 4) is 34.3 Å². The van der Waals surface area contributed by atoms with Crippen LogP contribution >= 0.6 is 0 Å². The monoisotopic (exact) mass is 651 g/mol. The minimum Gasteiger partial charge on any atom is -0.493 e. The molecule has 0 aliphatic carbocycles. The Morgan fingerprint density at radius 2 is 1.23 bits per heavy atom. The summed E-state index contributed by atoms with van der Waals surface area (Å²) < 4.78 is 34.4. The molecule has 0 radical (unpaired) electrons. The smallest absolute Gasteiger partial charge is 0.360 e. The minimum absolute atomic E-state index is 0.127. The predicted octanol–water partition coefficient (Wildman–Crippen LogP) is 6.38. The number of methoxy groups -OCH3 is 4. The average molecular weight is 652 g/mol. The van der Waals surface area contributed by atoms with Crippen molar-refractivity contribution < 1.29 is 28.1 Å². The molecule has 1 aliphatic heterocycles. The first-order valence-electron chi connectivity index (χ1n) is 15.7. The van der Waals surface area contributed by atoms with E-state index < -0.39 is 0 Å². The van der Waals surface area contributed by atoms with Gasteiger partial charge < -0.3 is 23.7 Å². The number of hydrogen-bond donors (Lipinski definition) is 0. The van der Waals surface area contributed by atoms with Crippen molar-refractivity contribution in [1.29, 1.82) is 0 Å². The molecular weight excluding hydrogens is 608 g/mol. The van der Waals surface area contributed by atoms with Gasteiger partial charge in [-0.3, -0.25) is 9.59 Å². The lowest BCUT2D eigenvalue weighted by atomic mass is 9.88. The molecule has 0 spiro atoms. The second-order valence-electron chi connectivity index (χ2n) is 13.8. The summed E-state index contributed by atoms with van der Waals surface area (Å²) in [5.41, 5.74) is 0.975. The molecule has 2 heterocycles. The summed E-state index contributed by atoms with van der Waals surface area (Å²) in [5, 5.41) is 0.277. The SMILES string of the molecule is COc1ccc(C2=CC(C=c3c(=O)c(=Cc4cc(-c5ccc(OC)c(OC)c5)[o+]c(C(C)(C)C)c4)c3=O)C=C(C(C)(C)C)O2)cc1OC. The van der Waals surface area contributed by atoms with E-state index in [4.69, 9.17) is 28.1 Å². The summed E-state index contributed by atoms with van der Waals surface area (Å²) >= 11 is 0. The summed E-state index contributed by atoms with van der Waals surface area (Å²) in [7, 11) is 6.32. The van der Waals surface area contributed by atoms with Gasteiger partial charge in [0.15, 0.2) is 23.0 Å². The highest BCUT2D eigenvalue weighted by atomic mass is 16.5. The average Bonchev–Trinajstić information content (AvgIpc) is 3.07. The highest BCUT2D eigenvalue weighted by Gasteiger charge is 2.30. The van der Waals surface area contributed by atoms with E-state index in [0.29, 0.717) is 45.8 Å². The maximum Gasteiger partial charge on any atom is 0.360 e. The standard InChI is InChI=1S/C40H43O8/c1-39(2,3)35-19-23(17-31(47-35)25-11-13-29(43-7)33(21-25)45-9)15-27-37(41)28(38(27)42)16-24-18-32(48-36(20-24)40(4,5)6)26-12-14-30(44-8)34(22-26)46-10/h11-23H,1-10H3/q+1. The van der Waals surface area contributed by atoms with Crippen molar-refractivity contribution in [2.75, 3.05) is 28.4 Å². The zero-order valence-electron chi connectivity index (χ0n) is 29.3. The molecule has 5 rings (SSSR count). The van der Waals surface area contributed by atoms with Gasteiger partial charge in [0.2, 0.25) is 10.9 Å². The molecule has 1 aliphatic rings. The Kier molecular flexibility index (Phi) is 9.40. The zero-order chi connectivity index (χ0) is 35.0. The van der Waals surface area contributed by atoms with Gasteiger partial charge in [0, 0.05) is 29.0 Å². The third kappa shape index (κ3) is 6.93. The van der Waals surface area contributed by atoms with Crippen molar-refractivity contribution in [3.63, 3.8) is 0 Å². The van der Waals surface area contributed by atoms with Crippen LogP contribution in [-0.2, 0) is 10.2 Å². The van der Waals surface area contributed by atoms with Gasteiger partial charge in [-0.25, -0.2) is 4.42 Å².